The average molecular weight is 326 g/mol. The van der Waals surface area contributed by atoms with E-state index in [1.54, 1.807) is 6.20 Å². The smallest absolute Gasteiger partial charge is 0.231 e. The van der Waals surface area contributed by atoms with Crippen LogP contribution < -0.4 is 14.8 Å². The topological polar surface area (TPSA) is 60.5 Å². The molecule has 0 spiro atoms. The number of hydrogen-bond donors (Lipinski definition) is 1. The number of fused-ring (bicyclic) bond motifs is 1. The quantitative estimate of drug-likeness (QED) is 0.885. The molecule has 0 aliphatic carbocycles. The number of aromatic nitrogens is 1. The number of pyridine rings is 1. The van der Waals surface area contributed by atoms with Gasteiger partial charge in [-0.25, -0.2) is 0 Å². The zero-order chi connectivity index (χ0) is 17.0. The zero-order valence-corrected chi connectivity index (χ0v) is 14.0. The predicted octanol–water partition coefficient (Wildman–Crippen LogP) is 3.18. The van der Waals surface area contributed by atoms with Crippen molar-refractivity contribution < 1.29 is 14.3 Å². The molecule has 126 valence electrons. The fraction of sp³-hybridized carbons (Fsp3) is 0.368. The first-order chi connectivity index (χ1) is 11.5. The molecule has 0 saturated heterocycles. The highest BCUT2D eigenvalue weighted by Crippen LogP contribution is 2.35. The number of carbonyl (C=O) groups is 1. The highest BCUT2D eigenvalue weighted by molar-refractivity contribution is 5.77. The van der Waals surface area contributed by atoms with Crippen LogP contribution in [0.4, 0.5) is 0 Å². The Labute approximate surface area is 142 Å². The number of benzene rings is 1. The second-order valence-corrected chi connectivity index (χ2v) is 6.42. The minimum atomic E-state index is -0.469. The van der Waals surface area contributed by atoms with Gasteiger partial charge in [0.2, 0.25) is 12.7 Å². The van der Waals surface area contributed by atoms with Gasteiger partial charge in [0.05, 0.1) is 5.54 Å². The van der Waals surface area contributed by atoms with E-state index in [0.717, 1.165) is 35.6 Å². The molecule has 1 amide bonds. The van der Waals surface area contributed by atoms with Crippen LogP contribution in [0.1, 0.15) is 37.9 Å². The van der Waals surface area contributed by atoms with Gasteiger partial charge in [0.25, 0.3) is 0 Å². The Balaban J connectivity index is 1.54. The molecule has 5 nitrogen and oxygen atoms in total. The lowest BCUT2D eigenvalue weighted by Crippen LogP contribution is -2.40. The summed E-state index contributed by atoms with van der Waals surface area (Å²) in [7, 11) is 0. The van der Waals surface area contributed by atoms with Gasteiger partial charge in [0.15, 0.2) is 11.5 Å². The van der Waals surface area contributed by atoms with E-state index in [4.69, 9.17) is 9.47 Å². The van der Waals surface area contributed by atoms with Crippen molar-refractivity contribution in [3.05, 3.63) is 53.9 Å². The summed E-state index contributed by atoms with van der Waals surface area (Å²) < 4.78 is 10.7. The molecule has 0 unspecified atom stereocenters. The lowest BCUT2D eigenvalue weighted by molar-refractivity contribution is -0.122. The van der Waals surface area contributed by atoms with Crippen molar-refractivity contribution in [3.8, 4) is 11.5 Å². The zero-order valence-electron chi connectivity index (χ0n) is 14.0. The first-order valence-electron chi connectivity index (χ1n) is 8.16. The molecule has 5 heteroatoms. The predicted molar refractivity (Wildman–Crippen MR) is 90.9 cm³/mol. The summed E-state index contributed by atoms with van der Waals surface area (Å²) in [4.78, 5) is 16.5. The molecule has 0 radical (unpaired) electrons. The molecule has 2 heterocycles. The molecule has 0 atom stereocenters. The maximum Gasteiger partial charge on any atom is 0.231 e. The molecule has 1 aliphatic heterocycles. The van der Waals surface area contributed by atoms with Crippen LogP contribution in [0.15, 0.2) is 42.6 Å². The Morgan fingerprint density at radius 2 is 2.04 bits per heavy atom. The van der Waals surface area contributed by atoms with Crippen molar-refractivity contribution >= 4 is 5.91 Å². The average Bonchev–Trinajstić information content (AvgIpc) is 3.03. The number of carbonyl (C=O) groups excluding carboxylic acids is 1. The van der Waals surface area contributed by atoms with Gasteiger partial charge in [-0.2, -0.15) is 0 Å². The van der Waals surface area contributed by atoms with E-state index >= 15 is 0 Å². The number of aryl methyl sites for hydroxylation is 1. The van der Waals surface area contributed by atoms with Gasteiger partial charge in [0.1, 0.15) is 0 Å². The van der Waals surface area contributed by atoms with Crippen LogP contribution in [-0.4, -0.2) is 17.7 Å². The Morgan fingerprint density at radius 1 is 1.21 bits per heavy atom. The van der Waals surface area contributed by atoms with E-state index in [-0.39, 0.29) is 12.7 Å². The summed E-state index contributed by atoms with van der Waals surface area (Å²) in [6.07, 6.45) is 3.83. The molecule has 0 saturated carbocycles. The highest BCUT2D eigenvalue weighted by Gasteiger charge is 2.25. The van der Waals surface area contributed by atoms with Gasteiger partial charge in [-0.1, -0.05) is 12.1 Å². The SMILES string of the molecule is CC(C)(NC(=O)CCCc1ccccn1)c1ccc2c(c1)OCO2. The first kappa shape index (κ1) is 16.3. The van der Waals surface area contributed by atoms with E-state index in [9.17, 15) is 4.79 Å². The maximum absolute atomic E-state index is 12.3. The van der Waals surface area contributed by atoms with Gasteiger partial charge < -0.3 is 14.8 Å². The number of ether oxygens (including phenoxy) is 2. The van der Waals surface area contributed by atoms with E-state index in [1.165, 1.54) is 0 Å². The lowest BCUT2D eigenvalue weighted by atomic mass is 9.93. The fourth-order valence-corrected chi connectivity index (χ4v) is 2.74. The normalized spacial score (nSPS) is 12.9. The molecule has 1 aromatic carbocycles. The van der Waals surface area contributed by atoms with Crippen molar-refractivity contribution in [2.24, 2.45) is 0 Å². The van der Waals surface area contributed by atoms with Gasteiger partial charge in [-0.15, -0.1) is 0 Å². The van der Waals surface area contributed by atoms with Crippen LogP contribution in [0.2, 0.25) is 0 Å². The molecular weight excluding hydrogens is 304 g/mol. The highest BCUT2D eigenvalue weighted by atomic mass is 16.7. The van der Waals surface area contributed by atoms with Crippen LogP contribution in [-0.2, 0) is 16.8 Å². The number of hydrogen-bond acceptors (Lipinski definition) is 4. The van der Waals surface area contributed by atoms with Gasteiger partial charge in [0, 0.05) is 18.3 Å². The largest absolute Gasteiger partial charge is 0.454 e. The molecule has 0 bridgehead atoms. The van der Waals surface area contributed by atoms with E-state index < -0.39 is 5.54 Å². The third kappa shape index (κ3) is 3.85. The van der Waals surface area contributed by atoms with Crippen LogP contribution in [0.3, 0.4) is 0 Å². The maximum atomic E-state index is 12.3. The number of amides is 1. The summed E-state index contributed by atoms with van der Waals surface area (Å²) in [5.74, 6) is 1.51. The van der Waals surface area contributed by atoms with Crippen LogP contribution in [0.25, 0.3) is 0 Å². The second kappa shape index (κ2) is 6.91. The van der Waals surface area contributed by atoms with Crippen molar-refractivity contribution in [3.63, 3.8) is 0 Å². The van der Waals surface area contributed by atoms with Crippen LogP contribution in [0.5, 0.6) is 11.5 Å². The Kier molecular flexibility index (Phi) is 4.69. The van der Waals surface area contributed by atoms with E-state index in [0.29, 0.717) is 6.42 Å². The Bertz CT molecular complexity index is 714. The third-order valence-electron chi connectivity index (χ3n) is 4.11. The van der Waals surface area contributed by atoms with Gasteiger partial charge in [-0.3, -0.25) is 9.78 Å². The van der Waals surface area contributed by atoms with E-state index in [1.807, 2.05) is 50.2 Å². The summed E-state index contributed by atoms with van der Waals surface area (Å²) in [5, 5.41) is 3.09. The van der Waals surface area contributed by atoms with Gasteiger partial charge >= 0.3 is 0 Å². The van der Waals surface area contributed by atoms with Crippen molar-refractivity contribution in [2.75, 3.05) is 6.79 Å². The monoisotopic (exact) mass is 326 g/mol. The first-order valence-corrected chi connectivity index (χ1v) is 8.16. The number of rotatable bonds is 6. The third-order valence-corrected chi connectivity index (χ3v) is 4.11. The second-order valence-electron chi connectivity index (χ2n) is 6.42. The van der Waals surface area contributed by atoms with Crippen molar-refractivity contribution in [1.82, 2.24) is 10.3 Å². The summed E-state index contributed by atoms with van der Waals surface area (Å²) in [5.41, 5.74) is 1.54. The molecular formula is C19H22N2O3. The number of nitrogens with zero attached hydrogens (tertiary/aromatic N) is 1. The molecule has 24 heavy (non-hydrogen) atoms. The van der Waals surface area contributed by atoms with Crippen LogP contribution >= 0.6 is 0 Å². The standard InChI is InChI=1S/C19H22N2O3/c1-19(2,14-9-10-16-17(12-14)24-13-23-16)21-18(22)8-5-7-15-6-3-4-11-20-15/h3-4,6,9-12H,5,7-8,13H2,1-2H3,(H,21,22). The van der Waals surface area contributed by atoms with Crippen molar-refractivity contribution in [2.45, 2.75) is 38.6 Å². The Hall–Kier alpha value is -2.56. The molecule has 1 N–H and O–H groups in total. The summed E-state index contributed by atoms with van der Waals surface area (Å²) in [6, 6.07) is 11.6. The molecule has 1 aliphatic rings. The molecule has 1 aromatic heterocycles. The minimum Gasteiger partial charge on any atom is -0.454 e. The minimum absolute atomic E-state index is 0.0357. The Morgan fingerprint density at radius 3 is 2.83 bits per heavy atom. The molecule has 2 aromatic rings. The molecule has 3 rings (SSSR count). The number of nitrogens with one attached hydrogen (secondary N) is 1. The van der Waals surface area contributed by atoms with Gasteiger partial charge in [-0.05, 0) is 56.5 Å². The van der Waals surface area contributed by atoms with Crippen LogP contribution in [0, 0.1) is 0 Å². The molecule has 0 fully saturated rings. The summed E-state index contributed by atoms with van der Waals surface area (Å²) >= 11 is 0. The van der Waals surface area contributed by atoms with Crippen molar-refractivity contribution in [1.29, 1.82) is 0 Å². The summed E-state index contributed by atoms with van der Waals surface area (Å²) in [6.45, 7) is 4.22. The van der Waals surface area contributed by atoms with E-state index in [2.05, 4.69) is 10.3 Å². The lowest BCUT2D eigenvalue weighted by Gasteiger charge is -2.27. The fourth-order valence-electron chi connectivity index (χ4n) is 2.74.